The van der Waals surface area contributed by atoms with Gasteiger partial charge in [0.05, 0.1) is 16.7 Å². The quantitative estimate of drug-likeness (QED) is 0.331. The van der Waals surface area contributed by atoms with Gasteiger partial charge in [0, 0.05) is 43.9 Å². The number of rotatable bonds is 9. The number of benzene rings is 3. The third-order valence-electron chi connectivity index (χ3n) is 6.84. The number of anilines is 2. The first-order valence-corrected chi connectivity index (χ1v) is 13.1. The van der Waals surface area contributed by atoms with Crippen molar-refractivity contribution in [3.8, 4) is 17.2 Å². The number of carbonyl (C=O) groups excluding carboxylic acids is 2. The Kier molecular flexibility index (Phi) is 9.11. The molecule has 3 aromatic rings. The lowest BCUT2D eigenvalue weighted by Gasteiger charge is -2.26. The monoisotopic (exact) mass is 532 g/mol. The van der Waals surface area contributed by atoms with Gasteiger partial charge in [0.25, 0.3) is 0 Å². The van der Waals surface area contributed by atoms with Crippen molar-refractivity contribution < 1.29 is 14.0 Å². The van der Waals surface area contributed by atoms with E-state index >= 15 is 0 Å². The van der Waals surface area contributed by atoms with Crippen LogP contribution in [0.4, 0.5) is 20.6 Å². The molecule has 1 atom stereocenters. The predicted octanol–water partition coefficient (Wildman–Crippen LogP) is 6.75. The number of ketones is 1. The highest BCUT2D eigenvalue weighted by atomic mass is 35.5. The Morgan fingerprint density at radius 1 is 1.13 bits per heavy atom. The molecule has 1 saturated heterocycles. The molecule has 196 valence electrons. The van der Waals surface area contributed by atoms with E-state index in [1.54, 1.807) is 11.0 Å². The number of nitrogens with zero attached hydrogens (tertiary/aromatic N) is 3. The van der Waals surface area contributed by atoms with Gasteiger partial charge in [-0.1, -0.05) is 42.8 Å². The zero-order valence-electron chi connectivity index (χ0n) is 21.3. The number of likely N-dealkylation sites (tertiary alicyclic amines) is 1. The molecule has 0 radical (unpaired) electrons. The fourth-order valence-electron chi connectivity index (χ4n) is 4.71. The van der Waals surface area contributed by atoms with Gasteiger partial charge in [-0.3, -0.25) is 9.69 Å². The van der Waals surface area contributed by atoms with E-state index < -0.39 is 5.82 Å². The van der Waals surface area contributed by atoms with Crippen molar-refractivity contribution in [2.75, 3.05) is 36.4 Å². The molecule has 0 saturated carbocycles. The molecule has 1 aliphatic heterocycles. The minimum Gasteiger partial charge on any atom is -0.307 e. The molecular formula is C30H30ClFN4O2. The van der Waals surface area contributed by atoms with E-state index in [9.17, 15) is 19.2 Å². The Hall–Kier alpha value is -3.73. The normalized spacial score (nSPS) is 15.2. The van der Waals surface area contributed by atoms with Crippen molar-refractivity contribution in [2.45, 2.75) is 26.2 Å². The molecule has 1 N–H and O–H groups in total. The van der Waals surface area contributed by atoms with Crippen molar-refractivity contribution in [3.05, 3.63) is 83.1 Å². The second kappa shape index (κ2) is 12.7. The van der Waals surface area contributed by atoms with Gasteiger partial charge in [-0.2, -0.15) is 5.26 Å². The molecule has 1 aliphatic rings. The minimum absolute atomic E-state index is 0.0666. The van der Waals surface area contributed by atoms with Crippen LogP contribution in [0.2, 0.25) is 5.02 Å². The Bertz CT molecular complexity index is 1340. The average molecular weight is 533 g/mol. The van der Waals surface area contributed by atoms with E-state index in [1.807, 2.05) is 49.4 Å². The van der Waals surface area contributed by atoms with Crippen LogP contribution in [0.3, 0.4) is 0 Å². The van der Waals surface area contributed by atoms with Gasteiger partial charge in [-0.15, -0.1) is 0 Å². The molecule has 3 aromatic carbocycles. The van der Waals surface area contributed by atoms with Gasteiger partial charge in [-0.05, 0) is 72.5 Å². The SMILES string of the molecule is CCC(=O)CC1CCN(CCN(C(=O)Nc2ccc(F)c(Cl)c2)c2ccc(-c3cccc(C#N)c3)cc2)C1. The maximum atomic E-state index is 13.6. The van der Waals surface area contributed by atoms with Gasteiger partial charge < -0.3 is 10.2 Å². The Morgan fingerprint density at radius 2 is 1.92 bits per heavy atom. The molecular weight excluding hydrogens is 503 g/mol. The van der Waals surface area contributed by atoms with Crippen LogP contribution >= 0.6 is 11.6 Å². The van der Waals surface area contributed by atoms with E-state index in [0.29, 0.717) is 48.8 Å². The summed E-state index contributed by atoms with van der Waals surface area (Å²) in [5, 5.41) is 12.0. The number of hydrogen-bond acceptors (Lipinski definition) is 4. The first-order valence-electron chi connectivity index (χ1n) is 12.7. The number of urea groups is 1. The molecule has 0 bridgehead atoms. The second-order valence-electron chi connectivity index (χ2n) is 9.50. The standard InChI is InChI=1S/C30H30ClFN4O2/c1-2-27(37)17-22-12-13-35(20-22)14-15-36(30(38)34-25-8-11-29(32)28(31)18-25)26-9-6-23(7-10-26)24-5-3-4-21(16-24)19-33/h3-11,16,18,22H,2,12-15,17,20H2,1H3,(H,34,38). The van der Waals surface area contributed by atoms with E-state index in [1.165, 1.54) is 18.2 Å². The van der Waals surface area contributed by atoms with Crippen LogP contribution < -0.4 is 10.2 Å². The minimum atomic E-state index is -0.553. The van der Waals surface area contributed by atoms with Crippen LogP contribution in [0.25, 0.3) is 11.1 Å². The highest BCUT2D eigenvalue weighted by Crippen LogP contribution is 2.26. The van der Waals surface area contributed by atoms with E-state index in [2.05, 4.69) is 16.3 Å². The zero-order chi connectivity index (χ0) is 27.1. The summed E-state index contributed by atoms with van der Waals surface area (Å²) in [5.74, 6) is 0.0912. The highest BCUT2D eigenvalue weighted by molar-refractivity contribution is 6.31. The lowest BCUT2D eigenvalue weighted by Crippen LogP contribution is -2.40. The predicted molar refractivity (Wildman–Crippen MR) is 149 cm³/mol. The van der Waals surface area contributed by atoms with Crippen LogP contribution in [0, 0.1) is 23.1 Å². The number of nitrogens with one attached hydrogen (secondary N) is 1. The van der Waals surface area contributed by atoms with Crippen molar-refractivity contribution >= 4 is 34.8 Å². The van der Waals surface area contributed by atoms with Gasteiger partial charge in [0.15, 0.2) is 0 Å². The summed E-state index contributed by atoms with van der Waals surface area (Å²) in [7, 11) is 0. The largest absolute Gasteiger partial charge is 0.326 e. The van der Waals surface area contributed by atoms with E-state index in [-0.39, 0.29) is 16.8 Å². The van der Waals surface area contributed by atoms with Crippen molar-refractivity contribution in [1.82, 2.24) is 4.90 Å². The number of halogens is 2. The van der Waals surface area contributed by atoms with Crippen LogP contribution in [0.5, 0.6) is 0 Å². The molecule has 8 heteroatoms. The number of nitriles is 1. The van der Waals surface area contributed by atoms with Crippen molar-refractivity contribution in [1.29, 1.82) is 5.26 Å². The van der Waals surface area contributed by atoms with Crippen LogP contribution in [0.1, 0.15) is 31.7 Å². The van der Waals surface area contributed by atoms with Crippen LogP contribution in [-0.4, -0.2) is 42.9 Å². The topological polar surface area (TPSA) is 76.4 Å². The summed E-state index contributed by atoms with van der Waals surface area (Å²) in [6.07, 6.45) is 2.15. The zero-order valence-corrected chi connectivity index (χ0v) is 22.0. The lowest BCUT2D eigenvalue weighted by molar-refractivity contribution is -0.119. The summed E-state index contributed by atoms with van der Waals surface area (Å²) < 4.78 is 13.6. The van der Waals surface area contributed by atoms with E-state index in [0.717, 1.165) is 30.6 Å². The third-order valence-corrected chi connectivity index (χ3v) is 7.13. The highest BCUT2D eigenvalue weighted by Gasteiger charge is 2.25. The summed E-state index contributed by atoms with van der Waals surface area (Å²) in [4.78, 5) is 29.2. The van der Waals surface area contributed by atoms with Crippen molar-refractivity contribution in [3.63, 3.8) is 0 Å². The Labute approximate surface area is 227 Å². The first-order chi connectivity index (χ1) is 18.4. The van der Waals surface area contributed by atoms with Crippen LogP contribution in [-0.2, 0) is 4.79 Å². The number of amides is 2. The van der Waals surface area contributed by atoms with Gasteiger partial charge >= 0.3 is 6.03 Å². The first kappa shape index (κ1) is 27.3. The second-order valence-corrected chi connectivity index (χ2v) is 9.91. The molecule has 1 unspecified atom stereocenters. The fourth-order valence-corrected chi connectivity index (χ4v) is 4.89. The molecule has 2 amide bonds. The molecule has 6 nitrogen and oxygen atoms in total. The number of carbonyl (C=O) groups is 2. The Morgan fingerprint density at radius 3 is 2.63 bits per heavy atom. The number of Topliss-reactive ketones (excluding diaryl/α,β-unsaturated/α-hetero) is 1. The van der Waals surface area contributed by atoms with E-state index in [4.69, 9.17) is 11.6 Å². The summed E-state index contributed by atoms with van der Waals surface area (Å²) in [6.45, 7) is 4.70. The average Bonchev–Trinajstić information content (AvgIpc) is 3.38. The van der Waals surface area contributed by atoms with Crippen molar-refractivity contribution in [2.24, 2.45) is 5.92 Å². The molecule has 0 aromatic heterocycles. The van der Waals surface area contributed by atoms with Gasteiger partial charge in [-0.25, -0.2) is 9.18 Å². The van der Waals surface area contributed by atoms with Gasteiger partial charge in [0.2, 0.25) is 0 Å². The molecule has 38 heavy (non-hydrogen) atoms. The maximum Gasteiger partial charge on any atom is 0.326 e. The molecule has 0 spiro atoms. The third kappa shape index (κ3) is 6.97. The number of hydrogen-bond donors (Lipinski definition) is 1. The molecule has 1 fully saturated rings. The lowest BCUT2D eigenvalue weighted by atomic mass is 10.0. The summed E-state index contributed by atoms with van der Waals surface area (Å²) in [6, 6.07) is 20.8. The van der Waals surface area contributed by atoms with Gasteiger partial charge in [0.1, 0.15) is 11.6 Å². The Balaban J connectivity index is 1.51. The smallest absolute Gasteiger partial charge is 0.307 e. The summed E-state index contributed by atoms with van der Waals surface area (Å²) >= 11 is 5.91. The maximum absolute atomic E-state index is 13.6. The molecule has 1 heterocycles. The van der Waals surface area contributed by atoms with Crippen LogP contribution in [0.15, 0.2) is 66.7 Å². The fraction of sp³-hybridized carbons (Fsp3) is 0.300. The summed E-state index contributed by atoms with van der Waals surface area (Å²) in [5.41, 5.74) is 3.52. The molecule has 4 rings (SSSR count). The molecule has 0 aliphatic carbocycles.